The number of ether oxygens (including phenoxy) is 1. The zero-order valence-electron chi connectivity index (χ0n) is 13.5. The van der Waals surface area contributed by atoms with Crippen LogP contribution in [0.1, 0.15) is 33.4 Å². The Bertz CT molecular complexity index is 515. The van der Waals surface area contributed by atoms with Crippen LogP contribution in [0.5, 0.6) is 0 Å². The topological polar surface area (TPSA) is 58.6 Å². The monoisotopic (exact) mass is 326 g/mol. The average molecular weight is 327 g/mol. The minimum absolute atomic E-state index is 0.101. The Morgan fingerprint density at radius 1 is 1.36 bits per heavy atom. The summed E-state index contributed by atoms with van der Waals surface area (Å²) in [5, 5.41) is 8.32. The van der Waals surface area contributed by atoms with Crippen LogP contribution < -0.4 is 0 Å². The summed E-state index contributed by atoms with van der Waals surface area (Å²) in [4.78, 5) is 16.2. The van der Waals surface area contributed by atoms with Gasteiger partial charge in [-0.25, -0.2) is 4.79 Å². The number of hydrogen-bond donors (Lipinski definition) is 0. The Morgan fingerprint density at radius 2 is 2.09 bits per heavy atom. The molecule has 0 aliphatic carbocycles. The van der Waals surface area contributed by atoms with Crippen molar-refractivity contribution in [1.82, 2.24) is 20.0 Å². The summed E-state index contributed by atoms with van der Waals surface area (Å²) >= 11 is 5.74. The van der Waals surface area contributed by atoms with E-state index in [9.17, 15) is 4.79 Å². The third kappa shape index (κ3) is 4.81. The Balaban J connectivity index is 1.89. The minimum atomic E-state index is -0.465. The van der Waals surface area contributed by atoms with Gasteiger partial charge in [-0.1, -0.05) is 11.6 Å². The smallest absolute Gasteiger partial charge is 0.410 e. The third-order valence-corrected chi connectivity index (χ3v) is 3.61. The second-order valence-electron chi connectivity index (χ2n) is 6.61. The van der Waals surface area contributed by atoms with Gasteiger partial charge in [-0.05, 0) is 39.8 Å². The summed E-state index contributed by atoms with van der Waals surface area (Å²) < 4.78 is 5.45. The van der Waals surface area contributed by atoms with Crippen molar-refractivity contribution in [2.24, 2.45) is 0 Å². The standard InChI is InChI=1S/C15H23ClN4O2/c1-11-9-19(10-12-5-6-13(16)18-17-12)7-8-20(11)14(21)22-15(2,3)4/h5-6,11H,7-10H2,1-4H3/t11-/m0/s1. The van der Waals surface area contributed by atoms with Gasteiger partial charge in [0, 0.05) is 32.2 Å². The van der Waals surface area contributed by atoms with Crippen molar-refractivity contribution < 1.29 is 9.53 Å². The highest BCUT2D eigenvalue weighted by Gasteiger charge is 2.30. The maximum atomic E-state index is 12.2. The fourth-order valence-corrected chi connectivity index (χ4v) is 2.53. The minimum Gasteiger partial charge on any atom is -0.444 e. The number of hydrogen-bond acceptors (Lipinski definition) is 5. The average Bonchev–Trinajstić information content (AvgIpc) is 2.39. The SMILES string of the molecule is C[C@H]1CN(Cc2ccc(Cl)nn2)CCN1C(=O)OC(C)(C)C. The highest BCUT2D eigenvalue weighted by Crippen LogP contribution is 2.17. The van der Waals surface area contributed by atoms with Crippen LogP contribution in [0, 0.1) is 0 Å². The van der Waals surface area contributed by atoms with Crippen molar-refractivity contribution in [1.29, 1.82) is 0 Å². The normalized spacial score (nSPS) is 20.0. The van der Waals surface area contributed by atoms with Gasteiger partial charge in [0.1, 0.15) is 5.60 Å². The number of aromatic nitrogens is 2. The zero-order valence-corrected chi connectivity index (χ0v) is 14.3. The molecule has 0 radical (unpaired) electrons. The Hall–Kier alpha value is -1.40. The van der Waals surface area contributed by atoms with Gasteiger partial charge in [-0.15, -0.1) is 5.10 Å². The van der Waals surface area contributed by atoms with Gasteiger partial charge >= 0.3 is 6.09 Å². The van der Waals surface area contributed by atoms with Crippen molar-refractivity contribution in [3.63, 3.8) is 0 Å². The first-order chi connectivity index (χ1) is 10.2. The van der Waals surface area contributed by atoms with Gasteiger partial charge in [0.2, 0.25) is 0 Å². The van der Waals surface area contributed by atoms with Gasteiger partial charge in [0.05, 0.1) is 5.69 Å². The van der Waals surface area contributed by atoms with Gasteiger partial charge in [-0.3, -0.25) is 4.90 Å². The number of halogens is 1. The van der Waals surface area contributed by atoms with Crippen LogP contribution >= 0.6 is 11.6 Å². The maximum absolute atomic E-state index is 12.2. The summed E-state index contributed by atoms with van der Waals surface area (Å²) in [5.41, 5.74) is 0.412. The molecule has 1 aromatic heterocycles. The van der Waals surface area contributed by atoms with Gasteiger partial charge in [-0.2, -0.15) is 5.10 Å². The Morgan fingerprint density at radius 3 is 2.64 bits per heavy atom. The Labute approximate surface area is 136 Å². The van der Waals surface area contributed by atoms with E-state index in [1.807, 2.05) is 33.8 Å². The van der Waals surface area contributed by atoms with E-state index in [-0.39, 0.29) is 12.1 Å². The predicted molar refractivity (Wildman–Crippen MR) is 84.7 cm³/mol. The summed E-state index contributed by atoms with van der Waals surface area (Å²) in [5.74, 6) is 0. The van der Waals surface area contributed by atoms with Crippen LogP contribution in [0.2, 0.25) is 5.15 Å². The lowest BCUT2D eigenvalue weighted by atomic mass is 10.2. The van der Waals surface area contributed by atoms with Crippen LogP contribution in [-0.4, -0.2) is 57.4 Å². The molecule has 122 valence electrons. The molecule has 0 spiro atoms. The first kappa shape index (κ1) is 17.0. The molecule has 0 saturated carbocycles. The van der Waals surface area contributed by atoms with E-state index in [0.29, 0.717) is 18.2 Å². The van der Waals surface area contributed by atoms with E-state index in [4.69, 9.17) is 16.3 Å². The molecule has 0 aromatic carbocycles. The molecule has 1 aromatic rings. The van der Waals surface area contributed by atoms with E-state index < -0.39 is 5.60 Å². The molecule has 0 unspecified atom stereocenters. The largest absolute Gasteiger partial charge is 0.444 e. The van der Waals surface area contributed by atoms with E-state index >= 15 is 0 Å². The molecule has 1 amide bonds. The lowest BCUT2D eigenvalue weighted by Crippen LogP contribution is -2.54. The second kappa shape index (κ2) is 6.79. The van der Waals surface area contributed by atoms with Gasteiger partial charge in [0.25, 0.3) is 0 Å². The number of amides is 1. The fraction of sp³-hybridized carbons (Fsp3) is 0.667. The van der Waals surface area contributed by atoms with Gasteiger partial charge in [0.15, 0.2) is 5.15 Å². The lowest BCUT2D eigenvalue weighted by molar-refractivity contribution is 0.000409. The van der Waals surface area contributed by atoms with Crippen LogP contribution in [0.25, 0.3) is 0 Å². The van der Waals surface area contributed by atoms with Gasteiger partial charge < -0.3 is 9.64 Å². The molecule has 0 bridgehead atoms. The number of carbonyl (C=O) groups is 1. The molecule has 6 nitrogen and oxygen atoms in total. The van der Waals surface area contributed by atoms with Crippen molar-refractivity contribution in [3.8, 4) is 0 Å². The molecule has 1 saturated heterocycles. The molecular formula is C15H23ClN4O2. The molecule has 2 rings (SSSR count). The van der Waals surface area contributed by atoms with E-state index in [2.05, 4.69) is 15.1 Å². The van der Waals surface area contributed by atoms with E-state index in [1.165, 1.54) is 0 Å². The maximum Gasteiger partial charge on any atom is 0.410 e. The molecule has 1 aliphatic heterocycles. The first-order valence-electron chi connectivity index (χ1n) is 7.45. The van der Waals surface area contributed by atoms with Crippen LogP contribution in [0.3, 0.4) is 0 Å². The molecular weight excluding hydrogens is 304 g/mol. The summed E-state index contributed by atoms with van der Waals surface area (Å²) in [7, 11) is 0. The number of nitrogens with zero attached hydrogens (tertiary/aromatic N) is 4. The molecule has 0 N–H and O–H groups in total. The molecule has 1 fully saturated rings. The van der Waals surface area contributed by atoms with Crippen molar-refractivity contribution >= 4 is 17.7 Å². The first-order valence-corrected chi connectivity index (χ1v) is 7.82. The quantitative estimate of drug-likeness (QED) is 0.836. The van der Waals surface area contributed by atoms with E-state index in [1.54, 1.807) is 11.0 Å². The summed E-state index contributed by atoms with van der Waals surface area (Å²) in [6, 6.07) is 3.72. The molecule has 1 atom stereocenters. The lowest BCUT2D eigenvalue weighted by Gasteiger charge is -2.40. The summed E-state index contributed by atoms with van der Waals surface area (Å²) in [6.45, 7) is 10.6. The zero-order chi connectivity index (χ0) is 16.3. The van der Waals surface area contributed by atoms with Crippen molar-refractivity contribution in [3.05, 3.63) is 23.0 Å². The molecule has 22 heavy (non-hydrogen) atoms. The summed E-state index contributed by atoms with van der Waals surface area (Å²) in [6.07, 6.45) is -0.245. The third-order valence-electron chi connectivity index (χ3n) is 3.41. The molecule has 2 heterocycles. The second-order valence-corrected chi connectivity index (χ2v) is 6.99. The van der Waals surface area contributed by atoms with Crippen molar-refractivity contribution in [2.45, 2.75) is 45.9 Å². The number of carbonyl (C=O) groups excluding carboxylic acids is 1. The molecule has 1 aliphatic rings. The predicted octanol–water partition coefficient (Wildman–Crippen LogP) is 2.57. The van der Waals surface area contributed by atoms with E-state index in [0.717, 1.165) is 18.8 Å². The Kier molecular flexibility index (Phi) is 5.24. The highest BCUT2D eigenvalue weighted by atomic mass is 35.5. The van der Waals surface area contributed by atoms with Crippen LogP contribution in [0.15, 0.2) is 12.1 Å². The molecule has 7 heteroatoms. The van der Waals surface area contributed by atoms with Crippen LogP contribution in [-0.2, 0) is 11.3 Å². The fourth-order valence-electron chi connectivity index (χ4n) is 2.43. The number of rotatable bonds is 2. The van der Waals surface area contributed by atoms with Crippen molar-refractivity contribution in [2.75, 3.05) is 19.6 Å². The highest BCUT2D eigenvalue weighted by molar-refractivity contribution is 6.29. The number of piperazine rings is 1. The van der Waals surface area contributed by atoms with Crippen LogP contribution in [0.4, 0.5) is 4.79 Å².